The molecule has 1 fully saturated rings. The molecule has 0 aromatic carbocycles. The summed E-state index contributed by atoms with van der Waals surface area (Å²) in [5, 5.41) is 19.8. The number of aromatic nitrogens is 4. The van der Waals surface area contributed by atoms with E-state index in [-0.39, 0.29) is 17.6 Å². The lowest BCUT2D eigenvalue weighted by Gasteiger charge is -2.16. The highest BCUT2D eigenvalue weighted by Crippen LogP contribution is 2.31. The summed E-state index contributed by atoms with van der Waals surface area (Å²) in [6, 6.07) is 0. The van der Waals surface area contributed by atoms with Gasteiger partial charge in [-0.15, -0.1) is 0 Å². The molecule has 0 aliphatic carbocycles. The van der Waals surface area contributed by atoms with E-state index < -0.39 is 24.5 Å². The molecule has 20 heavy (non-hydrogen) atoms. The minimum atomic E-state index is -1.16. The third kappa shape index (κ3) is 1.91. The molecule has 2 aromatic rings. The van der Waals surface area contributed by atoms with Crippen LogP contribution in [0.15, 0.2) is 6.33 Å². The van der Waals surface area contributed by atoms with E-state index in [1.54, 1.807) is 0 Å². The number of ether oxygens (including phenoxy) is 1. The summed E-state index contributed by atoms with van der Waals surface area (Å²) < 4.78 is 6.97. The molecule has 3 heterocycles. The van der Waals surface area contributed by atoms with E-state index in [0.29, 0.717) is 11.2 Å². The third-order valence-corrected chi connectivity index (χ3v) is 3.43. The van der Waals surface area contributed by atoms with Crippen molar-refractivity contribution >= 4 is 28.6 Å². The molecule has 10 heteroatoms. The molecule has 0 amide bonds. The summed E-state index contributed by atoms with van der Waals surface area (Å²) in [4.78, 5) is 11.9. The van der Waals surface area contributed by atoms with Crippen molar-refractivity contribution in [1.29, 1.82) is 0 Å². The summed E-state index contributed by atoms with van der Waals surface area (Å²) in [7, 11) is 0. The van der Waals surface area contributed by atoms with Crippen LogP contribution in [0.25, 0.3) is 11.2 Å². The average Bonchev–Trinajstić information content (AvgIpc) is 2.93. The van der Waals surface area contributed by atoms with Gasteiger partial charge in [-0.25, -0.2) is 4.98 Å². The van der Waals surface area contributed by atoms with Gasteiger partial charge in [0.2, 0.25) is 5.28 Å². The largest absolute Gasteiger partial charge is 0.387 e. The second kappa shape index (κ2) is 4.79. The van der Waals surface area contributed by atoms with Gasteiger partial charge in [0.05, 0.1) is 6.33 Å². The molecule has 0 saturated carbocycles. The normalized spacial score (nSPS) is 30.2. The lowest BCUT2D eigenvalue weighted by atomic mass is 10.1. The van der Waals surface area contributed by atoms with Crippen molar-refractivity contribution in [3.8, 4) is 0 Å². The first-order valence-corrected chi connectivity index (χ1v) is 6.28. The van der Waals surface area contributed by atoms with E-state index in [9.17, 15) is 10.2 Å². The fourth-order valence-electron chi connectivity index (χ4n) is 2.25. The Morgan fingerprint density at radius 1 is 1.35 bits per heavy atom. The molecule has 1 aliphatic rings. The van der Waals surface area contributed by atoms with Gasteiger partial charge in [-0.1, -0.05) is 0 Å². The number of anilines is 1. The Bertz CT molecular complexity index is 649. The number of imidazole rings is 1. The standard InChI is InChI=1S/C10H13ClN6O3/c11-10-15-7(13)4-8(16-10)17(2-14-4)9-6(19)5(18)3(1-12)20-9/h2-3,5-6,9,18-19H,1,12H2,(H2,13,15,16)/t3-,5+,6+,9-/m1/s1. The summed E-state index contributed by atoms with van der Waals surface area (Å²) >= 11 is 5.76. The zero-order chi connectivity index (χ0) is 14.4. The van der Waals surface area contributed by atoms with Crippen LogP contribution in [-0.4, -0.2) is 54.6 Å². The van der Waals surface area contributed by atoms with Gasteiger partial charge < -0.3 is 26.4 Å². The Morgan fingerprint density at radius 3 is 2.75 bits per heavy atom. The van der Waals surface area contributed by atoms with Crippen LogP contribution in [0.1, 0.15) is 6.23 Å². The average molecular weight is 301 g/mol. The van der Waals surface area contributed by atoms with E-state index in [4.69, 9.17) is 27.8 Å². The number of aliphatic hydroxyl groups is 2. The topological polar surface area (TPSA) is 145 Å². The summed E-state index contributed by atoms with van der Waals surface area (Å²) in [5.41, 5.74) is 11.8. The summed E-state index contributed by atoms with van der Waals surface area (Å²) in [5.74, 6) is 0.127. The van der Waals surface area contributed by atoms with Crippen molar-refractivity contribution in [2.24, 2.45) is 5.73 Å². The smallest absolute Gasteiger partial charge is 0.226 e. The lowest BCUT2D eigenvalue weighted by Crippen LogP contribution is -2.35. The number of nitrogens with zero attached hydrogens (tertiary/aromatic N) is 4. The molecule has 3 rings (SSSR count). The number of halogens is 1. The van der Waals surface area contributed by atoms with Gasteiger partial charge in [0.15, 0.2) is 17.7 Å². The maximum Gasteiger partial charge on any atom is 0.226 e. The highest BCUT2D eigenvalue weighted by molar-refractivity contribution is 6.28. The first kappa shape index (κ1) is 13.5. The molecule has 6 N–H and O–H groups in total. The molecule has 4 atom stereocenters. The highest BCUT2D eigenvalue weighted by Gasteiger charge is 2.43. The van der Waals surface area contributed by atoms with Crippen LogP contribution in [0, 0.1) is 0 Å². The molecular weight excluding hydrogens is 288 g/mol. The quantitative estimate of drug-likeness (QED) is 0.497. The maximum absolute atomic E-state index is 10.0. The van der Waals surface area contributed by atoms with E-state index in [2.05, 4.69) is 15.0 Å². The molecule has 1 aliphatic heterocycles. The third-order valence-electron chi connectivity index (χ3n) is 3.26. The van der Waals surface area contributed by atoms with Crippen molar-refractivity contribution in [2.75, 3.05) is 12.3 Å². The summed E-state index contributed by atoms with van der Waals surface area (Å²) in [6.07, 6.45) is -2.38. The van der Waals surface area contributed by atoms with E-state index >= 15 is 0 Å². The van der Waals surface area contributed by atoms with E-state index in [0.717, 1.165) is 0 Å². The first-order chi connectivity index (χ1) is 9.52. The fraction of sp³-hybridized carbons (Fsp3) is 0.500. The van der Waals surface area contributed by atoms with Gasteiger partial charge in [0, 0.05) is 6.54 Å². The van der Waals surface area contributed by atoms with Gasteiger partial charge in [0.1, 0.15) is 23.8 Å². The maximum atomic E-state index is 10.0. The van der Waals surface area contributed by atoms with Crippen molar-refractivity contribution in [2.45, 2.75) is 24.5 Å². The van der Waals surface area contributed by atoms with Crippen LogP contribution in [0.5, 0.6) is 0 Å². The number of nitrogen functional groups attached to an aromatic ring is 1. The van der Waals surface area contributed by atoms with Crippen molar-refractivity contribution in [3.05, 3.63) is 11.6 Å². The van der Waals surface area contributed by atoms with Crippen LogP contribution >= 0.6 is 11.6 Å². The first-order valence-electron chi connectivity index (χ1n) is 5.90. The Morgan fingerprint density at radius 2 is 2.10 bits per heavy atom. The number of nitrogens with two attached hydrogens (primary N) is 2. The number of hydrogen-bond acceptors (Lipinski definition) is 8. The van der Waals surface area contributed by atoms with Gasteiger partial charge in [-0.05, 0) is 11.6 Å². The SMILES string of the molecule is NC[C@H]1O[C@@H](n2cnc3c(N)nc(Cl)nc32)[C@@H](O)[C@H]1O. The van der Waals surface area contributed by atoms with Gasteiger partial charge in [-0.3, -0.25) is 4.57 Å². The van der Waals surface area contributed by atoms with Crippen LogP contribution in [-0.2, 0) is 4.74 Å². The van der Waals surface area contributed by atoms with Crippen LogP contribution in [0.3, 0.4) is 0 Å². The monoisotopic (exact) mass is 300 g/mol. The Balaban J connectivity index is 2.07. The summed E-state index contributed by atoms with van der Waals surface area (Å²) in [6.45, 7) is 0.0826. The highest BCUT2D eigenvalue weighted by atomic mass is 35.5. The molecular formula is C10H13ClN6O3. The van der Waals surface area contributed by atoms with E-state index in [1.165, 1.54) is 10.9 Å². The van der Waals surface area contributed by atoms with Crippen LogP contribution in [0.4, 0.5) is 5.82 Å². The number of hydrogen-bond donors (Lipinski definition) is 4. The van der Waals surface area contributed by atoms with Gasteiger partial charge in [-0.2, -0.15) is 9.97 Å². The zero-order valence-electron chi connectivity index (χ0n) is 10.2. The van der Waals surface area contributed by atoms with Crippen molar-refractivity contribution in [3.63, 3.8) is 0 Å². The van der Waals surface area contributed by atoms with Crippen molar-refractivity contribution < 1.29 is 14.9 Å². The number of aliphatic hydroxyl groups excluding tert-OH is 2. The molecule has 0 bridgehead atoms. The minimum absolute atomic E-state index is 0.0415. The second-order valence-electron chi connectivity index (χ2n) is 4.48. The second-order valence-corrected chi connectivity index (χ2v) is 4.82. The number of fused-ring (bicyclic) bond motifs is 1. The zero-order valence-corrected chi connectivity index (χ0v) is 11.0. The molecule has 0 radical (unpaired) electrons. The van der Waals surface area contributed by atoms with E-state index in [1.807, 2.05) is 0 Å². The Labute approximate surface area is 118 Å². The molecule has 0 unspecified atom stereocenters. The molecule has 108 valence electrons. The Kier molecular flexibility index (Phi) is 3.22. The predicted octanol–water partition coefficient (Wildman–Crippen LogP) is -1.36. The molecule has 2 aromatic heterocycles. The molecule has 0 spiro atoms. The van der Waals surface area contributed by atoms with Gasteiger partial charge >= 0.3 is 0 Å². The van der Waals surface area contributed by atoms with Crippen molar-refractivity contribution in [1.82, 2.24) is 19.5 Å². The predicted molar refractivity (Wildman–Crippen MR) is 69.7 cm³/mol. The Hall–Kier alpha value is -1.52. The number of rotatable bonds is 2. The fourth-order valence-corrected chi connectivity index (χ4v) is 2.42. The van der Waals surface area contributed by atoms with Gasteiger partial charge in [0.25, 0.3) is 0 Å². The molecule has 1 saturated heterocycles. The molecule has 9 nitrogen and oxygen atoms in total. The van der Waals surface area contributed by atoms with Crippen LogP contribution < -0.4 is 11.5 Å². The lowest BCUT2D eigenvalue weighted by molar-refractivity contribution is -0.0322. The minimum Gasteiger partial charge on any atom is -0.387 e. The van der Waals surface area contributed by atoms with Crippen LogP contribution in [0.2, 0.25) is 5.28 Å².